The molecule has 1 heterocycles. The van der Waals surface area contributed by atoms with Crippen molar-refractivity contribution in [1.29, 1.82) is 0 Å². The normalized spacial score (nSPS) is 15.0. The predicted octanol–water partition coefficient (Wildman–Crippen LogP) is 13.0. The molecule has 0 saturated carbocycles. The summed E-state index contributed by atoms with van der Waals surface area (Å²) in [6, 6.07) is 46.0. The minimum absolute atomic E-state index is 0.0571. The molecule has 8 aromatic rings. The Labute approximate surface area is 285 Å². The molecule has 1 aromatic heterocycles. The SMILES string of the molecule is CC1(C)c2ccccc2-c2cc3c(cc21)-c1ccc2cc(N(c4ccccc4F)c4cccc5c4oc4ccccc45)ccc2c1C3(C)C. The van der Waals surface area contributed by atoms with Gasteiger partial charge in [0.2, 0.25) is 0 Å². The van der Waals surface area contributed by atoms with Crippen molar-refractivity contribution < 1.29 is 8.81 Å². The van der Waals surface area contributed by atoms with E-state index in [0.717, 1.165) is 38.7 Å². The van der Waals surface area contributed by atoms with Gasteiger partial charge in [0.1, 0.15) is 11.4 Å². The maximum Gasteiger partial charge on any atom is 0.159 e. The van der Waals surface area contributed by atoms with E-state index in [1.54, 1.807) is 6.07 Å². The molecule has 3 heteroatoms. The number of hydrogen-bond acceptors (Lipinski definition) is 2. The van der Waals surface area contributed by atoms with Gasteiger partial charge in [0, 0.05) is 27.3 Å². The Kier molecular flexibility index (Phi) is 5.61. The topological polar surface area (TPSA) is 16.4 Å². The number of hydrogen-bond donors (Lipinski definition) is 0. The zero-order valence-corrected chi connectivity index (χ0v) is 27.9. The lowest BCUT2D eigenvalue weighted by Crippen LogP contribution is -2.17. The van der Waals surface area contributed by atoms with Gasteiger partial charge >= 0.3 is 0 Å². The predicted molar refractivity (Wildman–Crippen MR) is 201 cm³/mol. The van der Waals surface area contributed by atoms with E-state index in [4.69, 9.17) is 4.42 Å². The number of benzene rings is 7. The smallest absolute Gasteiger partial charge is 0.159 e. The second-order valence-electron chi connectivity index (χ2n) is 14.7. The summed E-state index contributed by atoms with van der Waals surface area (Å²) < 4.78 is 22.2. The third-order valence-corrected chi connectivity index (χ3v) is 11.3. The van der Waals surface area contributed by atoms with Gasteiger partial charge in [-0.1, -0.05) is 113 Å². The summed E-state index contributed by atoms with van der Waals surface area (Å²) in [5, 5.41) is 4.39. The van der Waals surface area contributed by atoms with Gasteiger partial charge < -0.3 is 9.32 Å². The zero-order valence-electron chi connectivity index (χ0n) is 27.9. The summed E-state index contributed by atoms with van der Waals surface area (Å²) in [6.07, 6.45) is 0. The van der Waals surface area contributed by atoms with Crippen LogP contribution in [0.5, 0.6) is 0 Å². The highest BCUT2D eigenvalue weighted by Crippen LogP contribution is 2.57. The van der Waals surface area contributed by atoms with Crippen molar-refractivity contribution in [2.45, 2.75) is 38.5 Å². The second-order valence-corrected chi connectivity index (χ2v) is 14.7. The minimum Gasteiger partial charge on any atom is -0.454 e. The van der Waals surface area contributed by atoms with E-state index in [1.807, 2.05) is 47.4 Å². The molecule has 0 saturated heterocycles. The van der Waals surface area contributed by atoms with Crippen molar-refractivity contribution in [1.82, 2.24) is 0 Å². The van der Waals surface area contributed by atoms with Crippen LogP contribution >= 0.6 is 0 Å². The Morgan fingerprint density at radius 3 is 2.06 bits per heavy atom. The zero-order chi connectivity index (χ0) is 33.2. The van der Waals surface area contributed by atoms with E-state index in [9.17, 15) is 0 Å². The Morgan fingerprint density at radius 1 is 0.510 bits per heavy atom. The number of halogens is 1. The van der Waals surface area contributed by atoms with Gasteiger partial charge in [0.25, 0.3) is 0 Å². The van der Waals surface area contributed by atoms with Gasteiger partial charge in [-0.15, -0.1) is 0 Å². The van der Waals surface area contributed by atoms with Crippen molar-refractivity contribution in [3.8, 4) is 22.3 Å². The fourth-order valence-corrected chi connectivity index (χ4v) is 8.93. The van der Waals surface area contributed by atoms with Crippen molar-refractivity contribution in [2.24, 2.45) is 0 Å². The van der Waals surface area contributed by atoms with Crippen LogP contribution in [0.2, 0.25) is 0 Å². The summed E-state index contributed by atoms with van der Waals surface area (Å²) in [5.41, 5.74) is 14.3. The maximum atomic E-state index is 15.7. The fourth-order valence-electron chi connectivity index (χ4n) is 8.93. The molecule has 49 heavy (non-hydrogen) atoms. The molecule has 2 aliphatic carbocycles. The lowest BCUT2D eigenvalue weighted by molar-refractivity contribution is 0.628. The Bertz CT molecular complexity index is 2690. The molecule has 7 aromatic carbocycles. The highest BCUT2D eigenvalue weighted by atomic mass is 19.1. The van der Waals surface area contributed by atoms with Crippen molar-refractivity contribution >= 4 is 49.8 Å². The molecule has 0 N–H and O–H groups in total. The Hall–Kier alpha value is -5.67. The van der Waals surface area contributed by atoms with E-state index in [0.29, 0.717) is 5.69 Å². The van der Waals surface area contributed by atoms with E-state index < -0.39 is 0 Å². The first-order chi connectivity index (χ1) is 23.7. The maximum absolute atomic E-state index is 15.7. The molecule has 0 fully saturated rings. The lowest BCUT2D eigenvalue weighted by atomic mass is 9.78. The molecule has 0 amide bonds. The molecule has 2 aliphatic rings. The highest BCUT2D eigenvalue weighted by molar-refractivity contribution is 6.10. The van der Waals surface area contributed by atoms with Crippen LogP contribution in [0.3, 0.4) is 0 Å². The molecule has 236 valence electrons. The summed E-state index contributed by atoms with van der Waals surface area (Å²) in [7, 11) is 0. The molecule has 0 aliphatic heterocycles. The highest BCUT2D eigenvalue weighted by Gasteiger charge is 2.42. The monoisotopic (exact) mass is 635 g/mol. The van der Waals surface area contributed by atoms with E-state index >= 15 is 4.39 Å². The van der Waals surface area contributed by atoms with Crippen LogP contribution < -0.4 is 4.90 Å². The van der Waals surface area contributed by atoms with Gasteiger partial charge in [-0.3, -0.25) is 0 Å². The van der Waals surface area contributed by atoms with Gasteiger partial charge in [-0.05, 0) is 104 Å². The molecular formula is C46H34FNO. The molecule has 0 atom stereocenters. The first kappa shape index (κ1) is 28.4. The van der Waals surface area contributed by atoms with Crippen molar-refractivity contribution in [2.75, 3.05) is 4.90 Å². The molecular weight excluding hydrogens is 602 g/mol. The second kappa shape index (κ2) is 9.70. The van der Waals surface area contributed by atoms with E-state index in [1.165, 1.54) is 56.0 Å². The van der Waals surface area contributed by atoms with Crippen LogP contribution in [0.15, 0.2) is 138 Å². The molecule has 0 spiro atoms. The third kappa shape index (κ3) is 3.76. The largest absolute Gasteiger partial charge is 0.454 e. The number of rotatable bonds is 3. The first-order valence-electron chi connectivity index (χ1n) is 17.0. The molecule has 2 nitrogen and oxygen atoms in total. The molecule has 0 radical (unpaired) electrons. The number of furan rings is 1. The minimum atomic E-state index is -0.293. The Balaban J connectivity index is 1.17. The molecule has 0 unspecified atom stereocenters. The van der Waals surface area contributed by atoms with Crippen LogP contribution in [-0.4, -0.2) is 0 Å². The summed E-state index contributed by atoms with van der Waals surface area (Å²) in [5.74, 6) is -0.293. The summed E-state index contributed by atoms with van der Waals surface area (Å²) >= 11 is 0. The van der Waals surface area contributed by atoms with E-state index in [2.05, 4.69) is 107 Å². The number of fused-ring (bicyclic) bond motifs is 11. The summed E-state index contributed by atoms with van der Waals surface area (Å²) in [4.78, 5) is 2.00. The fraction of sp³-hybridized carbons (Fsp3) is 0.130. The van der Waals surface area contributed by atoms with Crippen LogP contribution in [0.25, 0.3) is 55.0 Å². The van der Waals surface area contributed by atoms with Gasteiger partial charge in [-0.2, -0.15) is 0 Å². The van der Waals surface area contributed by atoms with Gasteiger partial charge in [0.05, 0.1) is 11.4 Å². The first-order valence-corrected chi connectivity index (χ1v) is 17.0. The average Bonchev–Trinajstić information content (AvgIpc) is 3.69. The van der Waals surface area contributed by atoms with Crippen LogP contribution in [0.1, 0.15) is 49.9 Å². The van der Waals surface area contributed by atoms with Gasteiger partial charge in [0.15, 0.2) is 5.58 Å². The number of anilines is 3. The summed E-state index contributed by atoms with van der Waals surface area (Å²) in [6.45, 7) is 9.41. The molecule has 0 bridgehead atoms. The third-order valence-electron chi connectivity index (χ3n) is 11.3. The van der Waals surface area contributed by atoms with E-state index in [-0.39, 0.29) is 16.6 Å². The standard InChI is InChI=1S/C46H34FNO/c1-45(2)36-15-7-5-12-30(36)34-25-38-35(26-37(34)45)32-22-20-27-24-28(21-23-29(27)43(32)46(38,3)4)48(40-17-9-8-16-39(40)47)41-18-11-14-33-31-13-6-10-19-42(31)49-44(33)41/h5-26H,1-4H3. The number of nitrogens with zero attached hydrogens (tertiary/aromatic N) is 1. The Morgan fingerprint density at radius 2 is 1.20 bits per heavy atom. The van der Waals surface area contributed by atoms with Crippen molar-refractivity contribution in [3.63, 3.8) is 0 Å². The van der Waals surface area contributed by atoms with Gasteiger partial charge in [-0.25, -0.2) is 4.39 Å². The van der Waals surface area contributed by atoms with Crippen LogP contribution in [0.4, 0.5) is 21.5 Å². The van der Waals surface area contributed by atoms with Crippen molar-refractivity contribution in [3.05, 3.63) is 162 Å². The average molecular weight is 636 g/mol. The quantitative estimate of drug-likeness (QED) is 0.192. The van der Waals surface area contributed by atoms with Crippen LogP contribution in [0, 0.1) is 5.82 Å². The van der Waals surface area contributed by atoms with Crippen LogP contribution in [-0.2, 0) is 10.8 Å². The molecule has 10 rings (SSSR count). The number of para-hydroxylation sites is 3. The lowest BCUT2D eigenvalue weighted by Gasteiger charge is -2.27.